The summed E-state index contributed by atoms with van der Waals surface area (Å²) in [6.07, 6.45) is 1.25. The number of nitrogens with zero attached hydrogens (tertiary/aromatic N) is 1. The Morgan fingerprint density at radius 2 is 1.70 bits per heavy atom. The molecule has 0 saturated carbocycles. The van der Waals surface area contributed by atoms with Crippen LogP contribution < -0.4 is 34.5 Å². The lowest BCUT2D eigenvalue weighted by molar-refractivity contribution is -0.119. The van der Waals surface area contributed by atoms with Crippen molar-refractivity contribution in [2.45, 2.75) is 84.2 Å². The molecule has 0 aromatic heterocycles. The van der Waals surface area contributed by atoms with E-state index in [1.807, 2.05) is 27.7 Å². The number of hydrogen-bond acceptors (Lipinski definition) is 11. The van der Waals surface area contributed by atoms with E-state index in [0.717, 1.165) is 57.5 Å². The van der Waals surface area contributed by atoms with E-state index in [2.05, 4.69) is 10.6 Å². The van der Waals surface area contributed by atoms with Gasteiger partial charge >= 0.3 is 6.09 Å². The summed E-state index contributed by atoms with van der Waals surface area (Å²) in [6.45, 7) is 13.5. The first-order valence-corrected chi connectivity index (χ1v) is 18.5. The fourth-order valence-corrected chi connectivity index (χ4v) is 7.03. The molecular weight excluding hydrogens is 715 g/mol. The number of fused-ring (bicyclic) bond motifs is 1. The van der Waals surface area contributed by atoms with Crippen molar-refractivity contribution in [2.24, 2.45) is 0 Å². The van der Waals surface area contributed by atoms with Crippen LogP contribution in [-0.2, 0) is 31.9 Å². The highest BCUT2D eigenvalue weighted by Crippen LogP contribution is 2.44. The molecule has 1 fully saturated rings. The second-order valence-electron chi connectivity index (χ2n) is 14.7. The first kappa shape index (κ1) is 40.2. The van der Waals surface area contributed by atoms with Gasteiger partial charge in [-0.25, -0.2) is 4.79 Å². The van der Waals surface area contributed by atoms with Gasteiger partial charge in [0.25, 0.3) is 11.1 Å². The highest BCUT2D eigenvalue weighted by molar-refractivity contribution is 8.15. The number of benzene rings is 3. The number of amides is 4. The fraction of sp³-hybridized carbons (Fsp3) is 0.450. The molecule has 2 N–H and O–H groups in total. The third kappa shape index (κ3) is 9.77. The molecule has 2 heterocycles. The van der Waals surface area contributed by atoms with Crippen molar-refractivity contribution in [3.63, 3.8) is 0 Å². The second kappa shape index (κ2) is 16.6. The summed E-state index contributed by atoms with van der Waals surface area (Å²) in [5.74, 6) is 1.81. The van der Waals surface area contributed by atoms with Crippen molar-refractivity contribution in [2.75, 3.05) is 44.4 Å². The molecule has 1 saturated heterocycles. The molecule has 290 valence electrons. The van der Waals surface area contributed by atoms with Crippen molar-refractivity contribution in [3.8, 4) is 23.0 Å². The summed E-state index contributed by atoms with van der Waals surface area (Å²) in [6, 6.07) is 12.0. The van der Waals surface area contributed by atoms with Crippen LogP contribution in [0.5, 0.6) is 23.0 Å². The van der Waals surface area contributed by atoms with E-state index in [1.165, 1.54) is 4.90 Å². The maximum absolute atomic E-state index is 13.2. The molecule has 4 amide bonds. The molecule has 0 radical (unpaired) electrons. The molecule has 0 spiro atoms. The Morgan fingerprint density at radius 3 is 2.35 bits per heavy atom. The van der Waals surface area contributed by atoms with E-state index in [4.69, 9.17) is 28.4 Å². The zero-order valence-corrected chi connectivity index (χ0v) is 33.1. The van der Waals surface area contributed by atoms with Gasteiger partial charge in [-0.3, -0.25) is 24.6 Å². The lowest BCUT2D eigenvalue weighted by Crippen LogP contribution is -2.42. The molecule has 0 bridgehead atoms. The maximum atomic E-state index is 13.2. The van der Waals surface area contributed by atoms with Gasteiger partial charge in [0, 0.05) is 25.8 Å². The molecule has 2 aliphatic heterocycles. The Hall–Kier alpha value is -4.95. The number of rotatable bonds is 13. The molecule has 2 unspecified atom stereocenters. The molecule has 13 nitrogen and oxygen atoms in total. The van der Waals surface area contributed by atoms with Gasteiger partial charge in [0.1, 0.15) is 40.8 Å². The van der Waals surface area contributed by atoms with Crippen LogP contribution in [0.3, 0.4) is 0 Å². The van der Waals surface area contributed by atoms with E-state index in [0.29, 0.717) is 35.7 Å². The van der Waals surface area contributed by atoms with Gasteiger partial charge in [-0.1, -0.05) is 23.9 Å². The quantitative estimate of drug-likeness (QED) is 0.173. The van der Waals surface area contributed by atoms with Crippen LogP contribution >= 0.6 is 11.8 Å². The Kier molecular flexibility index (Phi) is 12.4. The van der Waals surface area contributed by atoms with Crippen molar-refractivity contribution in [1.29, 1.82) is 0 Å². The number of anilines is 2. The van der Waals surface area contributed by atoms with Crippen molar-refractivity contribution in [1.82, 2.24) is 5.32 Å². The van der Waals surface area contributed by atoms with Gasteiger partial charge in [-0.15, -0.1) is 0 Å². The van der Waals surface area contributed by atoms with Crippen molar-refractivity contribution >= 4 is 46.3 Å². The van der Waals surface area contributed by atoms with Crippen LogP contribution in [0.4, 0.5) is 21.0 Å². The van der Waals surface area contributed by atoms with Crippen LogP contribution in [-0.4, -0.2) is 73.8 Å². The molecule has 0 aliphatic carbocycles. The number of methoxy groups -OCH3 is 1. The van der Waals surface area contributed by atoms with E-state index < -0.39 is 28.5 Å². The second-order valence-corrected chi connectivity index (χ2v) is 15.9. The highest BCUT2D eigenvalue weighted by atomic mass is 32.2. The zero-order chi connectivity index (χ0) is 39.4. The molecule has 3 aromatic carbocycles. The van der Waals surface area contributed by atoms with Gasteiger partial charge in [0.2, 0.25) is 5.91 Å². The topological polar surface area (TPSA) is 151 Å². The number of hydrogen-bond donors (Lipinski definition) is 2. The van der Waals surface area contributed by atoms with Crippen LogP contribution in [0.15, 0.2) is 42.5 Å². The first-order chi connectivity index (χ1) is 25.5. The average Bonchev–Trinajstić information content (AvgIpc) is 3.44. The predicted octanol–water partition coefficient (Wildman–Crippen LogP) is 7.04. The number of ether oxygens (including phenoxy) is 6. The van der Waals surface area contributed by atoms with Gasteiger partial charge in [0.15, 0.2) is 13.4 Å². The molecule has 5 rings (SSSR count). The summed E-state index contributed by atoms with van der Waals surface area (Å²) < 4.78 is 35.3. The lowest BCUT2D eigenvalue weighted by Gasteiger charge is -2.38. The lowest BCUT2D eigenvalue weighted by atomic mass is 9.87. The van der Waals surface area contributed by atoms with Gasteiger partial charge in [0.05, 0.1) is 16.6 Å². The molecule has 2 atom stereocenters. The Morgan fingerprint density at radius 1 is 1.00 bits per heavy atom. The number of carbonyl (C=O) groups is 4. The Bertz CT molecular complexity index is 1910. The SMILES string of the molecule is COCOc1c(C)c(C)c2c(c1C)CCC(C)(COc1ccc(NC(=O)COc3ccc(CC4SC(=O)NC4=O)cc3)c(N(C)C(=O)OC(C)(C)C)c1)O2. The number of nitrogens with one attached hydrogen (secondary N) is 2. The minimum absolute atomic E-state index is 0.165. The molecule has 3 aromatic rings. The van der Waals surface area contributed by atoms with Gasteiger partial charge in [-0.05, 0) is 114 Å². The summed E-state index contributed by atoms with van der Waals surface area (Å²) in [7, 11) is 3.16. The van der Waals surface area contributed by atoms with Crippen LogP contribution in [0.1, 0.15) is 61.9 Å². The Labute approximate surface area is 320 Å². The smallest absolute Gasteiger partial charge is 0.414 e. The summed E-state index contributed by atoms with van der Waals surface area (Å²) in [5, 5.41) is 4.30. The van der Waals surface area contributed by atoms with Crippen LogP contribution in [0.25, 0.3) is 0 Å². The largest absolute Gasteiger partial charge is 0.489 e. The van der Waals surface area contributed by atoms with E-state index >= 15 is 0 Å². The van der Waals surface area contributed by atoms with Gasteiger partial charge < -0.3 is 33.7 Å². The third-order valence-electron chi connectivity index (χ3n) is 9.18. The first-order valence-electron chi connectivity index (χ1n) is 17.7. The minimum atomic E-state index is -0.749. The van der Waals surface area contributed by atoms with Crippen LogP contribution in [0, 0.1) is 20.8 Å². The highest BCUT2D eigenvalue weighted by Gasteiger charge is 2.36. The van der Waals surface area contributed by atoms with E-state index in [9.17, 15) is 19.2 Å². The minimum Gasteiger partial charge on any atom is -0.489 e. The third-order valence-corrected chi connectivity index (χ3v) is 10.2. The summed E-state index contributed by atoms with van der Waals surface area (Å²) in [5.41, 5.74) is 4.31. The summed E-state index contributed by atoms with van der Waals surface area (Å²) >= 11 is 0.970. The van der Waals surface area contributed by atoms with Gasteiger partial charge in [-0.2, -0.15) is 0 Å². The number of carbonyl (C=O) groups excluding carboxylic acids is 4. The Balaban J connectivity index is 1.27. The average molecular weight is 764 g/mol. The number of imide groups is 1. The molecule has 54 heavy (non-hydrogen) atoms. The molecule has 14 heteroatoms. The predicted molar refractivity (Wildman–Crippen MR) is 206 cm³/mol. The van der Waals surface area contributed by atoms with Crippen LogP contribution in [0.2, 0.25) is 0 Å². The monoisotopic (exact) mass is 763 g/mol. The van der Waals surface area contributed by atoms with Crippen molar-refractivity contribution < 1.29 is 47.6 Å². The summed E-state index contributed by atoms with van der Waals surface area (Å²) in [4.78, 5) is 51.0. The molecule has 2 aliphatic rings. The zero-order valence-electron chi connectivity index (χ0n) is 32.3. The normalized spacial score (nSPS) is 17.9. The maximum Gasteiger partial charge on any atom is 0.414 e. The molecular formula is C40H49N3O10S. The fourth-order valence-electron chi connectivity index (χ4n) is 6.17. The standard InChI is InChI=1S/C40H49N3O10S/c1-23-24(2)35-29(25(3)34(23)51-22-48-9)16-17-40(7,52-35)21-50-28-14-15-30(31(19-28)43(8)38(47)53-39(4,5)6)41-33(44)20-49-27-12-10-26(11-13-27)18-32-36(45)42-37(46)54-32/h10-15,19,32H,16-18,20-22H2,1-9H3,(H,41,44)(H,42,45,46). The number of thioether (sulfide) groups is 1. The van der Waals surface area contributed by atoms with E-state index in [1.54, 1.807) is 77.4 Å². The van der Waals surface area contributed by atoms with E-state index in [-0.39, 0.29) is 31.2 Å². The van der Waals surface area contributed by atoms with Crippen molar-refractivity contribution in [3.05, 3.63) is 70.3 Å².